The molecule has 0 rings (SSSR count). The average Bonchev–Trinajstić information content (AvgIpc) is 1.88. The van der Waals surface area contributed by atoms with Gasteiger partial charge in [-0.05, 0) is 12.5 Å². The maximum atomic E-state index is 9.94. The molecule has 0 fully saturated rings. The molecule has 0 saturated carbocycles. The topological polar surface area (TPSA) is 57.5 Å². The van der Waals surface area contributed by atoms with Crippen molar-refractivity contribution in [2.45, 2.75) is 13.3 Å². The van der Waals surface area contributed by atoms with E-state index in [0.29, 0.717) is 0 Å². The Morgan fingerprint density at radius 3 is 2.50 bits per heavy atom. The molecule has 3 heteroatoms. The van der Waals surface area contributed by atoms with E-state index in [-0.39, 0.29) is 0 Å². The lowest BCUT2D eigenvalue weighted by molar-refractivity contribution is -0.135. The minimum atomic E-state index is -1.30. The van der Waals surface area contributed by atoms with Gasteiger partial charge in [-0.1, -0.05) is 19.1 Å². The third kappa shape index (κ3) is 3.72. The molecule has 0 bridgehead atoms. The molecule has 0 aromatic heterocycles. The van der Waals surface area contributed by atoms with Gasteiger partial charge in [-0.15, -0.1) is 0 Å². The summed E-state index contributed by atoms with van der Waals surface area (Å²) in [5.41, 5.74) is 0. The van der Waals surface area contributed by atoms with E-state index >= 15 is 0 Å². The van der Waals surface area contributed by atoms with Gasteiger partial charge in [0.25, 0.3) is 0 Å². The molecule has 0 saturated heterocycles. The molecule has 0 unspecified atom stereocenters. The first-order valence-corrected chi connectivity index (χ1v) is 2.97. The Kier molecular flexibility index (Phi) is 4.04. The van der Waals surface area contributed by atoms with Crippen molar-refractivity contribution >= 4 is 5.97 Å². The zero-order chi connectivity index (χ0) is 7.98. The number of carboxylic acid groups (broad SMARTS) is 1. The highest BCUT2D eigenvalue weighted by Gasteiger charge is 1.98. The summed E-state index contributed by atoms with van der Waals surface area (Å²) in [4.78, 5) is 9.94. The maximum Gasteiger partial charge on any atom is 0.370 e. The largest absolute Gasteiger partial charge is 0.502 e. The van der Waals surface area contributed by atoms with E-state index in [0.717, 1.165) is 12.5 Å². The molecule has 0 spiro atoms. The van der Waals surface area contributed by atoms with Crippen molar-refractivity contribution in [1.82, 2.24) is 0 Å². The first-order chi connectivity index (χ1) is 4.68. The summed E-state index contributed by atoms with van der Waals surface area (Å²) in [6.45, 7) is 1.92. The van der Waals surface area contributed by atoms with Crippen LogP contribution in [0.2, 0.25) is 0 Å². The fourth-order valence-corrected chi connectivity index (χ4v) is 0.367. The van der Waals surface area contributed by atoms with Crippen LogP contribution in [-0.2, 0) is 4.79 Å². The van der Waals surface area contributed by atoms with E-state index in [1.54, 1.807) is 6.08 Å². The van der Waals surface area contributed by atoms with E-state index in [9.17, 15) is 4.79 Å². The molecule has 3 nitrogen and oxygen atoms in total. The van der Waals surface area contributed by atoms with Gasteiger partial charge in [-0.25, -0.2) is 4.79 Å². The third-order valence-corrected chi connectivity index (χ3v) is 0.845. The maximum absolute atomic E-state index is 9.94. The first-order valence-electron chi connectivity index (χ1n) is 2.97. The first kappa shape index (κ1) is 8.75. The monoisotopic (exact) mass is 142 g/mol. The standard InChI is InChI=1S/C7H10O3/c1-2-3-4-5-6(8)7(9)10/h3-5,8H,2H2,1H3,(H,9,10). The number of carbonyl (C=O) groups is 1. The van der Waals surface area contributed by atoms with Crippen LogP contribution in [0.4, 0.5) is 0 Å². The minimum absolute atomic E-state index is 0.635. The molecule has 56 valence electrons. The molecule has 0 atom stereocenters. The fourth-order valence-electron chi connectivity index (χ4n) is 0.367. The van der Waals surface area contributed by atoms with Crippen LogP contribution in [0.3, 0.4) is 0 Å². The van der Waals surface area contributed by atoms with Gasteiger partial charge in [-0.2, -0.15) is 0 Å². The molecule has 0 radical (unpaired) electrons. The van der Waals surface area contributed by atoms with E-state index in [1.807, 2.05) is 6.92 Å². The van der Waals surface area contributed by atoms with Crippen molar-refractivity contribution in [3.05, 3.63) is 24.0 Å². The second-order valence-corrected chi connectivity index (χ2v) is 1.69. The van der Waals surface area contributed by atoms with Gasteiger partial charge in [0.1, 0.15) is 0 Å². The normalized spacial score (nSPS) is 12.3. The Morgan fingerprint density at radius 2 is 2.10 bits per heavy atom. The molecular weight excluding hydrogens is 132 g/mol. The van der Waals surface area contributed by atoms with Crippen molar-refractivity contribution in [1.29, 1.82) is 0 Å². The van der Waals surface area contributed by atoms with Crippen LogP contribution < -0.4 is 0 Å². The lowest BCUT2D eigenvalue weighted by Crippen LogP contribution is -1.97. The van der Waals surface area contributed by atoms with Crippen LogP contribution in [-0.4, -0.2) is 16.2 Å². The Bertz CT molecular complexity index is 168. The Balaban J connectivity index is 3.92. The minimum Gasteiger partial charge on any atom is -0.502 e. The van der Waals surface area contributed by atoms with Gasteiger partial charge in [0.2, 0.25) is 5.76 Å². The lowest BCUT2D eigenvalue weighted by Gasteiger charge is -1.85. The molecule has 0 aliphatic carbocycles. The smallest absolute Gasteiger partial charge is 0.370 e. The predicted octanol–water partition coefficient (Wildman–Crippen LogP) is 1.48. The van der Waals surface area contributed by atoms with Crippen LogP contribution in [0.25, 0.3) is 0 Å². The van der Waals surface area contributed by atoms with E-state index in [4.69, 9.17) is 10.2 Å². The lowest BCUT2D eigenvalue weighted by atomic mass is 10.3. The highest BCUT2D eigenvalue weighted by atomic mass is 16.4. The van der Waals surface area contributed by atoms with Crippen LogP contribution in [0.15, 0.2) is 24.0 Å². The highest BCUT2D eigenvalue weighted by molar-refractivity contribution is 5.83. The number of aliphatic hydroxyl groups excluding tert-OH is 1. The Morgan fingerprint density at radius 1 is 1.50 bits per heavy atom. The van der Waals surface area contributed by atoms with Crippen LogP contribution in [0.5, 0.6) is 0 Å². The average molecular weight is 142 g/mol. The quantitative estimate of drug-likeness (QED) is 0.356. The van der Waals surface area contributed by atoms with Crippen LogP contribution in [0, 0.1) is 0 Å². The zero-order valence-corrected chi connectivity index (χ0v) is 5.74. The second kappa shape index (κ2) is 4.61. The summed E-state index contributed by atoms with van der Waals surface area (Å²) in [5.74, 6) is -1.94. The number of aliphatic carboxylic acids is 1. The van der Waals surface area contributed by atoms with Gasteiger partial charge in [0.05, 0.1) is 0 Å². The highest BCUT2D eigenvalue weighted by Crippen LogP contribution is 1.89. The number of carboxylic acids is 1. The van der Waals surface area contributed by atoms with Crippen LogP contribution >= 0.6 is 0 Å². The van der Waals surface area contributed by atoms with Gasteiger partial charge in [0, 0.05) is 0 Å². The van der Waals surface area contributed by atoms with Crippen molar-refractivity contribution < 1.29 is 15.0 Å². The molecule has 0 aromatic rings. The van der Waals surface area contributed by atoms with E-state index in [2.05, 4.69) is 0 Å². The summed E-state index contributed by atoms with van der Waals surface area (Å²) in [6.07, 6.45) is 5.22. The van der Waals surface area contributed by atoms with Crippen molar-refractivity contribution in [2.75, 3.05) is 0 Å². The number of hydrogen-bond acceptors (Lipinski definition) is 2. The predicted molar refractivity (Wildman–Crippen MR) is 37.8 cm³/mol. The Labute approximate surface area is 59.3 Å². The zero-order valence-electron chi connectivity index (χ0n) is 5.74. The summed E-state index contributed by atoms with van der Waals surface area (Å²) in [7, 11) is 0. The summed E-state index contributed by atoms with van der Waals surface area (Å²) >= 11 is 0. The molecular formula is C7H10O3. The number of allylic oxidation sites excluding steroid dienone is 3. The molecule has 10 heavy (non-hydrogen) atoms. The van der Waals surface area contributed by atoms with E-state index < -0.39 is 11.7 Å². The number of rotatable bonds is 3. The summed E-state index contributed by atoms with van der Waals surface area (Å²) < 4.78 is 0. The van der Waals surface area contributed by atoms with Crippen molar-refractivity contribution in [2.24, 2.45) is 0 Å². The van der Waals surface area contributed by atoms with E-state index in [1.165, 1.54) is 6.08 Å². The second-order valence-electron chi connectivity index (χ2n) is 1.69. The van der Waals surface area contributed by atoms with Crippen molar-refractivity contribution in [3.63, 3.8) is 0 Å². The number of aliphatic hydroxyl groups is 1. The molecule has 0 aromatic carbocycles. The fraction of sp³-hybridized carbons (Fsp3) is 0.286. The van der Waals surface area contributed by atoms with Gasteiger partial charge < -0.3 is 10.2 Å². The third-order valence-electron chi connectivity index (χ3n) is 0.845. The molecule has 0 aliphatic heterocycles. The van der Waals surface area contributed by atoms with Crippen molar-refractivity contribution in [3.8, 4) is 0 Å². The summed E-state index contributed by atoms with van der Waals surface area (Å²) in [6, 6.07) is 0. The van der Waals surface area contributed by atoms with Crippen LogP contribution in [0.1, 0.15) is 13.3 Å². The van der Waals surface area contributed by atoms with Gasteiger partial charge in [0.15, 0.2) is 0 Å². The molecule has 2 N–H and O–H groups in total. The molecule has 0 amide bonds. The molecule has 0 aliphatic rings. The number of hydrogen-bond donors (Lipinski definition) is 2. The van der Waals surface area contributed by atoms with Gasteiger partial charge >= 0.3 is 5.97 Å². The Hall–Kier alpha value is -1.25. The van der Waals surface area contributed by atoms with Gasteiger partial charge in [-0.3, -0.25) is 0 Å². The molecule has 0 heterocycles. The summed E-state index contributed by atoms with van der Waals surface area (Å²) in [5, 5.41) is 16.7. The SMILES string of the molecule is CCC=CC=C(O)C(=O)O.